The molecule has 3 nitrogen and oxygen atoms in total. The number of rotatable bonds is 3. The number of anilines is 1. The van der Waals surface area contributed by atoms with Crippen molar-refractivity contribution in [1.29, 1.82) is 0 Å². The van der Waals surface area contributed by atoms with E-state index in [1.165, 1.54) is 0 Å². The van der Waals surface area contributed by atoms with Crippen LogP contribution in [0.3, 0.4) is 0 Å². The van der Waals surface area contributed by atoms with E-state index in [1.807, 2.05) is 42.5 Å². The van der Waals surface area contributed by atoms with Crippen molar-refractivity contribution in [3.05, 3.63) is 46.0 Å². The molecule has 2 aromatic rings. The molecule has 0 aromatic heterocycles. The van der Waals surface area contributed by atoms with Gasteiger partial charge in [0.05, 0.1) is 12.8 Å². The first-order valence-corrected chi connectivity index (χ1v) is 6.14. The number of nitrogen functional groups attached to an aromatic ring is 1. The summed E-state index contributed by atoms with van der Waals surface area (Å²) in [6.07, 6.45) is 0. The minimum Gasteiger partial charge on any atom is -0.497 e. The summed E-state index contributed by atoms with van der Waals surface area (Å²) < 4.78 is 11.8. The van der Waals surface area contributed by atoms with Crippen LogP contribution in [0.5, 0.6) is 17.2 Å². The third-order valence-corrected chi connectivity index (χ3v) is 2.93. The molecule has 4 heteroatoms. The van der Waals surface area contributed by atoms with Gasteiger partial charge in [0.25, 0.3) is 0 Å². The smallest absolute Gasteiger partial charge is 0.150 e. The molecule has 0 aliphatic heterocycles. The van der Waals surface area contributed by atoms with E-state index in [4.69, 9.17) is 15.2 Å². The van der Waals surface area contributed by atoms with Crippen molar-refractivity contribution in [2.24, 2.45) is 0 Å². The number of halogens is 1. The fourth-order valence-corrected chi connectivity index (χ4v) is 1.90. The van der Waals surface area contributed by atoms with E-state index in [1.54, 1.807) is 7.11 Å². The van der Waals surface area contributed by atoms with E-state index in [0.717, 1.165) is 15.1 Å². The Kier molecular flexibility index (Phi) is 3.73. The van der Waals surface area contributed by atoms with Crippen LogP contribution in [0.4, 0.5) is 5.69 Å². The molecule has 17 heavy (non-hydrogen) atoms. The van der Waals surface area contributed by atoms with Crippen LogP contribution in [0.2, 0.25) is 0 Å². The average Bonchev–Trinajstić information content (AvgIpc) is 2.34. The average molecular weight is 341 g/mol. The molecule has 0 unspecified atom stereocenters. The van der Waals surface area contributed by atoms with E-state index in [2.05, 4.69) is 22.6 Å². The highest BCUT2D eigenvalue weighted by Crippen LogP contribution is 2.29. The molecule has 0 heterocycles. The molecule has 0 atom stereocenters. The molecule has 0 saturated carbocycles. The van der Waals surface area contributed by atoms with Crippen molar-refractivity contribution < 1.29 is 9.47 Å². The highest BCUT2D eigenvalue weighted by atomic mass is 127. The molecular formula is C13H12INO2. The van der Waals surface area contributed by atoms with Gasteiger partial charge >= 0.3 is 0 Å². The number of nitrogens with two attached hydrogens (primary N) is 1. The maximum atomic E-state index is 5.87. The second-order valence-corrected chi connectivity index (χ2v) is 4.71. The molecule has 2 rings (SSSR count). The number of hydrogen-bond donors (Lipinski definition) is 1. The summed E-state index contributed by atoms with van der Waals surface area (Å²) in [6, 6.07) is 13.1. The van der Waals surface area contributed by atoms with Gasteiger partial charge in [-0.25, -0.2) is 0 Å². The molecule has 0 fully saturated rings. The fourth-order valence-electron chi connectivity index (χ4n) is 1.38. The van der Waals surface area contributed by atoms with Crippen molar-refractivity contribution in [2.75, 3.05) is 12.8 Å². The van der Waals surface area contributed by atoms with E-state index in [9.17, 15) is 0 Å². The summed E-state index contributed by atoms with van der Waals surface area (Å²) in [5.41, 5.74) is 6.50. The van der Waals surface area contributed by atoms with E-state index in [0.29, 0.717) is 11.4 Å². The Morgan fingerprint density at radius 3 is 2.24 bits per heavy atom. The van der Waals surface area contributed by atoms with Crippen LogP contribution in [0.25, 0.3) is 0 Å². The first kappa shape index (κ1) is 12.0. The van der Waals surface area contributed by atoms with Gasteiger partial charge in [-0.1, -0.05) is 0 Å². The van der Waals surface area contributed by atoms with Crippen LogP contribution in [-0.2, 0) is 0 Å². The SMILES string of the molecule is COc1ccc(Oc2ccc(I)cc2N)cc1. The Labute approximate surface area is 114 Å². The monoisotopic (exact) mass is 341 g/mol. The van der Waals surface area contributed by atoms with Crippen molar-refractivity contribution in [3.8, 4) is 17.2 Å². The van der Waals surface area contributed by atoms with Gasteiger partial charge in [-0.05, 0) is 65.1 Å². The summed E-state index contributed by atoms with van der Waals surface area (Å²) in [5, 5.41) is 0. The quantitative estimate of drug-likeness (QED) is 0.684. The van der Waals surface area contributed by atoms with E-state index in [-0.39, 0.29) is 0 Å². The van der Waals surface area contributed by atoms with Gasteiger partial charge in [0.1, 0.15) is 17.2 Å². The van der Waals surface area contributed by atoms with Gasteiger partial charge < -0.3 is 15.2 Å². The maximum Gasteiger partial charge on any atom is 0.150 e. The molecular weight excluding hydrogens is 329 g/mol. The van der Waals surface area contributed by atoms with Gasteiger partial charge in [0, 0.05) is 3.57 Å². The van der Waals surface area contributed by atoms with Crippen LogP contribution in [0.1, 0.15) is 0 Å². The molecule has 0 saturated heterocycles. The maximum absolute atomic E-state index is 5.87. The van der Waals surface area contributed by atoms with Gasteiger partial charge in [-0.15, -0.1) is 0 Å². The zero-order valence-corrected chi connectivity index (χ0v) is 11.5. The standard InChI is InChI=1S/C13H12INO2/c1-16-10-3-5-11(6-4-10)17-13-7-2-9(14)8-12(13)15/h2-8H,15H2,1H3. The Morgan fingerprint density at radius 1 is 1.00 bits per heavy atom. The summed E-state index contributed by atoms with van der Waals surface area (Å²) in [7, 11) is 1.63. The molecule has 0 bridgehead atoms. The van der Waals surface area contributed by atoms with Gasteiger partial charge in [0.2, 0.25) is 0 Å². The molecule has 2 aromatic carbocycles. The predicted molar refractivity (Wildman–Crippen MR) is 76.6 cm³/mol. The third kappa shape index (κ3) is 3.03. The lowest BCUT2D eigenvalue weighted by molar-refractivity contribution is 0.413. The normalized spacial score (nSPS) is 10.0. The van der Waals surface area contributed by atoms with Gasteiger partial charge in [0.15, 0.2) is 0 Å². The lowest BCUT2D eigenvalue weighted by atomic mass is 10.3. The minimum absolute atomic E-state index is 0.632. The van der Waals surface area contributed by atoms with Crippen LogP contribution < -0.4 is 15.2 Å². The zero-order chi connectivity index (χ0) is 12.3. The molecule has 0 radical (unpaired) electrons. The molecule has 0 aliphatic carbocycles. The summed E-state index contributed by atoms with van der Waals surface area (Å²) in [4.78, 5) is 0. The number of ether oxygens (including phenoxy) is 2. The second-order valence-electron chi connectivity index (χ2n) is 3.46. The number of hydrogen-bond acceptors (Lipinski definition) is 3. The Hall–Kier alpha value is -1.43. The van der Waals surface area contributed by atoms with Crippen molar-refractivity contribution >= 4 is 28.3 Å². The predicted octanol–water partition coefficient (Wildman–Crippen LogP) is 3.67. The Bertz CT molecular complexity index is 511. The molecule has 88 valence electrons. The van der Waals surface area contributed by atoms with Gasteiger partial charge in [-0.3, -0.25) is 0 Å². The number of methoxy groups -OCH3 is 1. The lowest BCUT2D eigenvalue weighted by Gasteiger charge is -2.09. The van der Waals surface area contributed by atoms with E-state index >= 15 is 0 Å². The summed E-state index contributed by atoms with van der Waals surface area (Å²) >= 11 is 2.21. The van der Waals surface area contributed by atoms with Crippen LogP contribution in [-0.4, -0.2) is 7.11 Å². The molecule has 0 aliphatic rings. The molecule has 2 N–H and O–H groups in total. The minimum atomic E-state index is 0.632. The molecule has 0 spiro atoms. The van der Waals surface area contributed by atoms with Crippen molar-refractivity contribution in [2.45, 2.75) is 0 Å². The third-order valence-electron chi connectivity index (χ3n) is 2.26. The largest absolute Gasteiger partial charge is 0.497 e. The highest BCUT2D eigenvalue weighted by molar-refractivity contribution is 14.1. The van der Waals surface area contributed by atoms with Crippen LogP contribution >= 0.6 is 22.6 Å². The number of benzene rings is 2. The Morgan fingerprint density at radius 2 is 1.65 bits per heavy atom. The van der Waals surface area contributed by atoms with Crippen LogP contribution in [0, 0.1) is 3.57 Å². The van der Waals surface area contributed by atoms with Crippen LogP contribution in [0.15, 0.2) is 42.5 Å². The zero-order valence-electron chi connectivity index (χ0n) is 9.31. The fraction of sp³-hybridized carbons (Fsp3) is 0.0769. The van der Waals surface area contributed by atoms with E-state index < -0.39 is 0 Å². The summed E-state index contributed by atoms with van der Waals surface area (Å²) in [6.45, 7) is 0. The van der Waals surface area contributed by atoms with Crippen molar-refractivity contribution in [3.63, 3.8) is 0 Å². The highest BCUT2D eigenvalue weighted by Gasteiger charge is 2.02. The summed E-state index contributed by atoms with van der Waals surface area (Å²) in [5.74, 6) is 2.20. The molecule has 0 amide bonds. The van der Waals surface area contributed by atoms with Crippen molar-refractivity contribution in [1.82, 2.24) is 0 Å². The lowest BCUT2D eigenvalue weighted by Crippen LogP contribution is -1.92. The second kappa shape index (κ2) is 5.27. The topological polar surface area (TPSA) is 44.5 Å². The first-order chi connectivity index (χ1) is 8.19. The van der Waals surface area contributed by atoms with Gasteiger partial charge in [-0.2, -0.15) is 0 Å². The first-order valence-electron chi connectivity index (χ1n) is 5.06. The Balaban J connectivity index is 2.19.